The second-order valence-electron chi connectivity index (χ2n) is 3.84. The molecule has 1 aromatic carbocycles. The first-order valence-corrected chi connectivity index (χ1v) is 5.71. The number of esters is 1. The van der Waals surface area contributed by atoms with Crippen molar-refractivity contribution < 1.29 is 19.4 Å². The second kappa shape index (κ2) is 7.45. The van der Waals surface area contributed by atoms with Gasteiger partial charge in [-0.1, -0.05) is 18.2 Å². The molecule has 0 saturated carbocycles. The van der Waals surface area contributed by atoms with Crippen molar-refractivity contribution in [1.29, 1.82) is 0 Å². The highest BCUT2D eigenvalue weighted by Crippen LogP contribution is 2.00. The summed E-state index contributed by atoms with van der Waals surface area (Å²) in [4.78, 5) is 22.5. The number of ether oxygens (including phenoxy) is 1. The lowest BCUT2D eigenvalue weighted by molar-refractivity contribution is -0.142. The van der Waals surface area contributed by atoms with Gasteiger partial charge in [0.05, 0.1) is 19.6 Å². The number of amides is 1. The Bertz CT molecular complexity index is 391. The average Bonchev–Trinajstić information content (AvgIpc) is 2.39. The van der Waals surface area contributed by atoms with Gasteiger partial charge in [0.25, 0.3) is 5.91 Å². The van der Waals surface area contributed by atoms with Crippen LogP contribution in [0.15, 0.2) is 30.3 Å². The van der Waals surface area contributed by atoms with Crippen LogP contribution in [-0.4, -0.2) is 36.7 Å². The Labute approximate surface area is 106 Å². The normalized spacial score (nSPS) is 11.7. The number of hydrogen-bond donors (Lipinski definition) is 2. The van der Waals surface area contributed by atoms with Crippen LogP contribution in [0.4, 0.5) is 0 Å². The molecule has 0 aliphatic carbocycles. The Hall–Kier alpha value is -1.88. The minimum atomic E-state index is -0.798. The van der Waals surface area contributed by atoms with Gasteiger partial charge in [0.1, 0.15) is 0 Å². The predicted molar refractivity (Wildman–Crippen MR) is 66.0 cm³/mol. The van der Waals surface area contributed by atoms with Crippen molar-refractivity contribution in [3.8, 4) is 0 Å². The Balaban J connectivity index is 2.26. The number of methoxy groups -OCH3 is 1. The lowest BCUT2D eigenvalue weighted by Crippen LogP contribution is -2.28. The zero-order valence-corrected chi connectivity index (χ0v) is 10.3. The number of carbonyl (C=O) groups excluding carboxylic acids is 2. The van der Waals surface area contributed by atoms with Crippen LogP contribution in [0, 0.1) is 0 Å². The maximum atomic E-state index is 11.6. The number of rotatable bonds is 6. The van der Waals surface area contributed by atoms with E-state index in [2.05, 4.69) is 10.1 Å². The summed E-state index contributed by atoms with van der Waals surface area (Å²) in [7, 11) is 1.27. The zero-order chi connectivity index (χ0) is 13.4. The maximum Gasteiger partial charge on any atom is 0.308 e. The van der Waals surface area contributed by atoms with Crippen LogP contribution in [0.1, 0.15) is 23.2 Å². The van der Waals surface area contributed by atoms with Crippen LogP contribution in [0.25, 0.3) is 0 Å². The largest absolute Gasteiger partial charge is 0.469 e. The topological polar surface area (TPSA) is 75.6 Å². The molecule has 5 heteroatoms. The van der Waals surface area contributed by atoms with E-state index in [1.54, 1.807) is 24.3 Å². The molecule has 0 bridgehead atoms. The monoisotopic (exact) mass is 251 g/mol. The highest BCUT2D eigenvalue weighted by atomic mass is 16.5. The van der Waals surface area contributed by atoms with Gasteiger partial charge in [-0.05, 0) is 18.6 Å². The summed E-state index contributed by atoms with van der Waals surface area (Å²) < 4.78 is 4.43. The molecule has 0 aliphatic rings. The first kappa shape index (κ1) is 14.2. The van der Waals surface area contributed by atoms with Gasteiger partial charge in [0, 0.05) is 12.1 Å². The minimum absolute atomic E-state index is 0.0578. The molecule has 0 spiro atoms. The Morgan fingerprint density at radius 1 is 1.33 bits per heavy atom. The lowest BCUT2D eigenvalue weighted by Gasteiger charge is -2.10. The molecule has 0 aliphatic heterocycles. The first-order chi connectivity index (χ1) is 8.63. The van der Waals surface area contributed by atoms with E-state index in [1.807, 2.05) is 6.07 Å². The van der Waals surface area contributed by atoms with E-state index in [1.165, 1.54) is 7.11 Å². The third kappa shape index (κ3) is 4.97. The number of aliphatic hydroxyl groups excluding tert-OH is 1. The Morgan fingerprint density at radius 2 is 2.00 bits per heavy atom. The van der Waals surface area contributed by atoms with Gasteiger partial charge in [-0.3, -0.25) is 9.59 Å². The predicted octanol–water partition coefficient (Wildman–Crippen LogP) is 0.730. The van der Waals surface area contributed by atoms with E-state index >= 15 is 0 Å². The minimum Gasteiger partial charge on any atom is -0.469 e. The summed E-state index contributed by atoms with van der Waals surface area (Å²) in [6.07, 6.45) is -0.542. The van der Waals surface area contributed by atoms with Crippen LogP contribution < -0.4 is 5.32 Å². The van der Waals surface area contributed by atoms with Crippen molar-refractivity contribution in [2.24, 2.45) is 0 Å². The highest BCUT2D eigenvalue weighted by Gasteiger charge is 2.11. The molecule has 98 valence electrons. The van der Waals surface area contributed by atoms with Gasteiger partial charge in [-0.15, -0.1) is 0 Å². The van der Waals surface area contributed by atoms with Crippen LogP contribution in [-0.2, 0) is 9.53 Å². The summed E-state index contributed by atoms with van der Waals surface area (Å²) in [5.41, 5.74) is 0.569. The lowest BCUT2D eigenvalue weighted by atomic mass is 10.1. The molecule has 1 amide bonds. The average molecular weight is 251 g/mol. The van der Waals surface area contributed by atoms with E-state index < -0.39 is 12.1 Å². The molecule has 2 N–H and O–H groups in total. The van der Waals surface area contributed by atoms with Crippen molar-refractivity contribution in [2.75, 3.05) is 13.7 Å². The van der Waals surface area contributed by atoms with Gasteiger partial charge in [0.15, 0.2) is 0 Å². The molecule has 1 atom stereocenters. The Kier molecular flexibility index (Phi) is 5.87. The zero-order valence-electron chi connectivity index (χ0n) is 10.3. The number of carbonyl (C=O) groups is 2. The molecular formula is C13H17NO4. The number of benzene rings is 1. The van der Waals surface area contributed by atoms with Crippen molar-refractivity contribution in [2.45, 2.75) is 18.9 Å². The molecule has 0 unspecified atom stereocenters. The van der Waals surface area contributed by atoms with E-state index in [0.29, 0.717) is 18.5 Å². The molecule has 0 radical (unpaired) electrons. The summed E-state index contributed by atoms with van der Waals surface area (Å²) >= 11 is 0. The van der Waals surface area contributed by atoms with E-state index in [-0.39, 0.29) is 12.3 Å². The van der Waals surface area contributed by atoms with Crippen molar-refractivity contribution >= 4 is 11.9 Å². The third-order valence-electron chi connectivity index (χ3n) is 2.43. The maximum absolute atomic E-state index is 11.6. The van der Waals surface area contributed by atoms with Crippen LogP contribution in [0.5, 0.6) is 0 Å². The SMILES string of the molecule is COC(=O)C[C@H](O)CCNC(=O)c1ccccc1. The van der Waals surface area contributed by atoms with Crippen molar-refractivity contribution in [3.05, 3.63) is 35.9 Å². The second-order valence-corrected chi connectivity index (χ2v) is 3.84. The fourth-order valence-corrected chi connectivity index (χ4v) is 1.42. The summed E-state index contributed by atoms with van der Waals surface area (Å²) in [6.45, 7) is 0.311. The van der Waals surface area contributed by atoms with Crippen LogP contribution >= 0.6 is 0 Å². The number of nitrogens with one attached hydrogen (secondary N) is 1. The Morgan fingerprint density at radius 3 is 2.61 bits per heavy atom. The molecule has 1 rings (SSSR count). The number of hydrogen-bond acceptors (Lipinski definition) is 4. The molecular weight excluding hydrogens is 234 g/mol. The van der Waals surface area contributed by atoms with Crippen LogP contribution in [0.2, 0.25) is 0 Å². The number of aliphatic hydroxyl groups is 1. The fraction of sp³-hybridized carbons (Fsp3) is 0.385. The van der Waals surface area contributed by atoms with Crippen molar-refractivity contribution in [1.82, 2.24) is 5.32 Å². The molecule has 5 nitrogen and oxygen atoms in total. The van der Waals surface area contributed by atoms with E-state index in [0.717, 1.165) is 0 Å². The van der Waals surface area contributed by atoms with Gasteiger partial charge in [-0.25, -0.2) is 0 Å². The van der Waals surface area contributed by atoms with E-state index in [9.17, 15) is 14.7 Å². The summed E-state index contributed by atoms with van der Waals surface area (Å²) in [5, 5.41) is 12.2. The molecule has 0 saturated heterocycles. The highest BCUT2D eigenvalue weighted by molar-refractivity contribution is 5.94. The van der Waals surface area contributed by atoms with Gasteiger partial charge >= 0.3 is 5.97 Å². The first-order valence-electron chi connectivity index (χ1n) is 5.71. The molecule has 1 aromatic rings. The third-order valence-corrected chi connectivity index (χ3v) is 2.43. The molecule has 0 aromatic heterocycles. The summed E-state index contributed by atoms with van der Waals surface area (Å²) in [5.74, 6) is -0.655. The summed E-state index contributed by atoms with van der Waals surface area (Å²) in [6, 6.07) is 8.80. The quantitative estimate of drug-likeness (QED) is 0.731. The molecule has 0 fully saturated rings. The molecule has 0 heterocycles. The standard InChI is InChI=1S/C13H17NO4/c1-18-12(16)9-11(15)7-8-14-13(17)10-5-3-2-4-6-10/h2-6,11,15H,7-9H2,1H3,(H,14,17)/t11-/m1/s1. The molecule has 18 heavy (non-hydrogen) atoms. The van der Waals surface area contributed by atoms with E-state index in [4.69, 9.17) is 0 Å². The van der Waals surface area contributed by atoms with Gasteiger partial charge in [-0.2, -0.15) is 0 Å². The smallest absolute Gasteiger partial charge is 0.308 e. The van der Waals surface area contributed by atoms with Crippen molar-refractivity contribution in [3.63, 3.8) is 0 Å². The van der Waals surface area contributed by atoms with Gasteiger partial charge in [0.2, 0.25) is 0 Å². The van der Waals surface area contributed by atoms with Gasteiger partial charge < -0.3 is 15.2 Å². The van der Waals surface area contributed by atoms with Crippen LogP contribution in [0.3, 0.4) is 0 Å². The fourth-order valence-electron chi connectivity index (χ4n) is 1.42.